The SMILES string of the molecule is Cc1ccc(OCc2ccc(Cl)c(F)c2)c(C=O)n1. The summed E-state index contributed by atoms with van der Waals surface area (Å²) < 4.78 is 18.7. The van der Waals surface area contributed by atoms with Crippen molar-refractivity contribution in [3.05, 3.63) is 58.1 Å². The summed E-state index contributed by atoms with van der Waals surface area (Å²) in [4.78, 5) is 14.9. The molecule has 5 heteroatoms. The summed E-state index contributed by atoms with van der Waals surface area (Å²) in [5.41, 5.74) is 1.58. The second kappa shape index (κ2) is 5.80. The van der Waals surface area contributed by atoms with Crippen LogP contribution in [0.3, 0.4) is 0 Å². The predicted octanol–water partition coefficient (Wildman–Crippen LogP) is 3.57. The van der Waals surface area contributed by atoms with Crippen molar-refractivity contribution in [2.24, 2.45) is 0 Å². The first-order valence-corrected chi connectivity index (χ1v) is 5.97. The maximum atomic E-state index is 13.2. The van der Waals surface area contributed by atoms with Crippen molar-refractivity contribution in [1.29, 1.82) is 0 Å². The molecule has 0 amide bonds. The number of pyridine rings is 1. The maximum Gasteiger partial charge on any atom is 0.172 e. The van der Waals surface area contributed by atoms with E-state index in [1.54, 1.807) is 25.1 Å². The fourth-order valence-electron chi connectivity index (χ4n) is 1.56. The number of halogens is 2. The average Bonchev–Trinajstić information content (AvgIpc) is 2.41. The molecule has 1 aromatic carbocycles. The quantitative estimate of drug-likeness (QED) is 0.803. The Morgan fingerprint density at radius 3 is 2.84 bits per heavy atom. The van der Waals surface area contributed by atoms with Gasteiger partial charge in [-0.25, -0.2) is 9.37 Å². The zero-order valence-electron chi connectivity index (χ0n) is 10.2. The third kappa shape index (κ3) is 3.29. The standard InChI is InChI=1S/C14H11ClFNO2/c1-9-2-5-14(13(7-18)17-9)19-8-10-3-4-11(15)12(16)6-10/h2-7H,8H2,1H3. The molecule has 2 aromatic rings. The monoisotopic (exact) mass is 279 g/mol. The van der Waals surface area contributed by atoms with Gasteiger partial charge in [-0.15, -0.1) is 0 Å². The first-order valence-electron chi connectivity index (χ1n) is 5.59. The lowest BCUT2D eigenvalue weighted by Gasteiger charge is -2.08. The topological polar surface area (TPSA) is 39.2 Å². The van der Waals surface area contributed by atoms with Gasteiger partial charge in [-0.3, -0.25) is 4.79 Å². The molecule has 0 fully saturated rings. The van der Waals surface area contributed by atoms with Crippen LogP contribution in [0.2, 0.25) is 5.02 Å². The van der Waals surface area contributed by atoms with Crippen LogP contribution in [0.15, 0.2) is 30.3 Å². The van der Waals surface area contributed by atoms with E-state index in [0.717, 1.165) is 5.69 Å². The third-order valence-corrected chi connectivity index (χ3v) is 2.82. The van der Waals surface area contributed by atoms with Crippen molar-refractivity contribution >= 4 is 17.9 Å². The van der Waals surface area contributed by atoms with E-state index in [4.69, 9.17) is 16.3 Å². The molecular weight excluding hydrogens is 269 g/mol. The Bertz CT molecular complexity index is 616. The molecule has 98 valence electrons. The Balaban J connectivity index is 2.14. The molecule has 0 aliphatic rings. The van der Waals surface area contributed by atoms with Gasteiger partial charge < -0.3 is 4.74 Å². The molecule has 1 heterocycles. The van der Waals surface area contributed by atoms with Crippen LogP contribution in [-0.4, -0.2) is 11.3 Å². The number of ether oxygens (including phenoxy) is 1. The molecule has 0 bridgehead atoms. The van der Waals surface area contributed by atoms with Gasteiger partial charge in [-0.2, -0.15) is 0 Å². The van der Waals surface area contributed by atoms with Gasteiger partial charge in [0.1, 0.15) is 23.9 Å². The summed E-state index contributed by atoms with van der Waals surface area (Å²) in [6, 6.07) is 7.82. The van der Waals surface area contributed by atoms with E-state index >= 15 is 0 Å². The molecule has 3 nitrogen and oxygen atoms in total. The molecule has 0 unspecified atom stereocenters. The maximum absolute atomic E-state index is 13.2. The zero-order valence-corrected chi connectivity index (χ0v) is 10.9. The summed E-state index contributed by atoms with van der Waals surface area (Å²) in [5.74, 6) is -0.128. The van der Waals surface area contributed by atoms with Crippen LogP contribution in [0.5, 0.6) is 5.75 Å². The van der Waals surface area contributed by atoms with Crippen LogP contribution in [0.4, 0.5) is 4.39 Å². The molecule has 0 radical (unpaired) electrons. The van der Waals surface area contributed by atoms with Crippen molar-refractivity contribution in [3.8, 4) is 5.75 Å². The second-order valence-corrected chi connectivity index (χ2v) is 4.40. The van der Waals surface area contributed by atoms with Crippen LogP contribution >= 0.6 is 11.6 Å². The van der Waals surface area contributed by atoms with Crippen molar-refractivity contribution in [1.82, 2.24) is 4.98 Å². The molecule has 0 aliphatic carbocycles. The van der Waals surface area contributed by atoms with Crippen LogP contribution in [0.25, 0.3) is 0 Å². The fraction of sp³-hybridized carbons (Fsp3) is 0.143. The van der Waals surface area contributed by atoms with E-state index in [1.165, 1.54) is 12.1 Å². The summed E-state index contributed by atoms with van der Waals surface area (Å²) in [6.45, 7) is 1.92. The van der Waals surface area contributed by atoms with Gasteiger partial charge in [0, 0.05) is 5.69 Å². The van der Waals surface area contributed by atoms with E-state index in [0.29, 0.717) is 17.6 Å². The Kier molecular flexibility index (Phi) is 4.12. The molecule has 0 aliphatic heterocycles. The van der Waals surface area contributed by atoms with Crippen molar-refractivity contribution in [2.45, 2.75) is 13.5 Å². The number of hydrogen-bond donors (Lipinski definition) is 0. The number of benzene rings is 1. The summed E-state index contributed by atoms with van der Waals surface area (Å²) in [5, 5.41) is 0.0642. The minimum Gasteiger partial charge on any atom is -0.487 e. The molecule has 0 atom stereocenters. The average molecular weight is 280 g/mol. The van der Waals surface area contributed by atoms with Crippen LogP contribution < -0.4 is 4.74 Å². The molecule has 0 N–H and O–H groups in total. The highest BCUT2D eigenvalue weighted by Gasteiger charge is 2.06. The van der Waals surface area contributed by atoms with Gasteiger partial charge in [0.25, 0.3) is 0 Å². The molecule has 19 heavy (non-hydrogen) atoms. The minimum absolute atomic E-state index is 0.0642. The van der Waals surface area contributed by atoms with Crippen LogP contribution in [0.1, 0.15) is 21.7 Å². The summed E-state index contributed by atoms with van der Waals surface area (Å²) in [7, 11) is 0. The molecule has 1 aromatic heterocycles. The highest BCUT2D eigenvalue weighted by atomic mass is 35.5. The van der Waals surface area contributed by atoms with E-state index < -0.39 is 5.82 Å². The van der Waals surface area contributed by atoms with E-state index in [-0.39, 0.29) is 17.3 Å². The minimum atomic E-state index is -0.500. The Labute approximate surface area is 115 Å². The number of aldehydes is 1. The Morgan fingerprint density at radius 1 is 1.37 bits per heavy atom. The first kappa shape index (κ1) is 13.5. The van der Waals surface area contributed by atoms with Gasteiger partial charge in [0.05, 0.1) is 5.02 Å². The van der Waals surface area contributed by atoms with Gasteiger partial charge >= 0.3 is 0 Å². The lowest BCUT2D eigenvalue weighted by atomic mass is 10.2. The van der Waals surface area contributed by atoms with Crippen molar-refractivity contribution in [3.63, 3.8) is 0 Å². The van der Waals surface area contributed by atoms with Crippen molar-refractivity contribution < 1.29 is 13.9 Å². The third-order valence-electron chi connectivity index (χ3n) is 2.52. The Hall–Kier alpha value is -1.94. The highest BCUT2D eigenvalue weighted by molar-refractivity contribution is 6.30. The lowest BCUT2D eigenvalue weighted by molar-refractivity contribution is 0.111. The van der Waals surface area contributed by atoms with Crippen LogP contribution in [0, 0.1) is 12.7 Å². The van der Waals surface area contributed by atoms with Gasteiger partial charge in [-0.05, 0) is 36.8 Å². The lowest BCUT2D eigenvalue weighted by Crippen LogP contribution is -2.01. The number of aromatic nitrogens is 1. The van der Waals surface area contributed by atoms with Gasteiger partial charge in [0.2, 0.25) is 0 Å². The molecule has 0 saturated heterocycles. The van der Waals surface area contributed by atoms with Crippen LogP contribution in [-0.2, 0) is 6.61 Å². The number of rotatable bonds is 4. The molecule has 0 saturated carbocycles. The van der Waals surface area contributed by atoms with E-state index in [9.17, 15) is 9.18 Å². The van der Waals surface area contributed by atoms with Gasteiger partial charge in [-0.1, -0.05) is 17.7 Å². The molecular formula is C14H11ClFNO2. The van der Waals surface area contributed by atoms with Crippen molar-refractivity contribution in [2.75, 3.05) is 0 Å². The largest absolute Gasteiger partial charge is 0.487 e. The number of hydrogen-bond acceptors (Lipinski definition) is 3. The van der Waals surface area contributed by atoms with E-state index in [2.05, 4.69) is 4.98 Å². The normalized spacial score (nSPS) is 10.3. The highest BCUT2D eigenvalue weighted by Crippen LogP contribution is 2.19. The Morgan fingerprint density at radius 2 is 2.16 bits per heavy atom. The smallest absolute Gasteiger partial charge is 0.172 e. The number of aryl methyl sites for hydroxylation is 1. The number of carbonyl (C=O) groups excluding carboxylic acids is 1. The first-order chi connectivity index (χ1) is 9.10. The predicted molar refractivity (Wildman–Crippen MR) is 70.1 cm³/mol. The van der Waals surface area contributed by atoms with E-state index in [1.807, 2.05) is 0 Å². The zero-order chi connectivity index (χ0) is 13.8. The van der Waals surface area contributed by atoms with Gasteiger partial charge in [0.15, 0.2) is 6.29 Å². The second-order valence-electron chi connectivity index (χ2n) is 3.99. The number of carbonyl (C=O) groups is 1. The molecule has 2 rings (SSSR count). The molecule has 0 spiro atoms. The fourth-order valence-corrected chi connectivity index (χ4v) is 1.68. The summed E-state index contributed by atoms with van der Waals surface area (Å²) >= 11 is 5.59. The number of nitrogens with zero attached hydrogens (tertiary/aromatic N) is 1. The summed E-state index contributed by atoms with van der Waals surface area (Å²) in [6.07, 6.45) is 0.630.